The quantitative estimate of drug-likeness (QED) is 0.0749. The van der Waals surface area contributed by atoms with E-state index < -0.39 is 12.1 Å². The summed E-state index contributed by atoms with van der Waals surface area (Å²) in [7, 11) is 0. The zero-order valence-corrected chi connectivity index (χ0v) is 24.5. The summed E-state index contributed by atoms with van der Waals surface area (Å²) in [5.74, 6) is 1.31. The lowest BCUT2D eigenvalue weighted by molar-refractivity contribution is -0.270. The molecule has 0 bridgehead atoms. The van der Waals surface area contributed by atoms with E-state index in [9.17, 15) is 10.1 Å². The zero-order valence-electron chi connectivity index (χ0n) is 24.5. The van der Waals surface area contributed by atoms with E-state index in [1.165, 1.54) is 0 Å². The normalized spacial score (nSPS) is 11.8. The van der Waals surface area contributed by atoms with Gasteiger partial charge in [0.25, 0.3) is 0 Å². The molecule has 0 saturated heterocycles. The average molecular weight is 585 g/mol. The molecular formula is C38H32O6. The molecule has 0 saturated carbocycles. The molecule has 0 aromatic heterocycles. The Morgan fingerprint density at radius 1 is 0.636 bits per heavy atom. The molecule has 6 aromatic rings. The number of hydrogen-bond donors (Lipinski definition) is 1. The van der Waals surface area contributed by atoms with Crippen LogP contribution in [-0.4, -0.2) is 24.4 Å². The average Bonchev–Trinajstić information content (AvgIpc) is 3.06. The number of hydrogen-bond acceptors (Lipinski definition) is 6. The van der Waals surface area contributed by atoms with E-state index in [2.05, 4.69) is 0 Å². The van der Waals surface area contributed by atoms with Gasteiger partial charge in [0.15, 0.2) is 0 Å². The molecule has 44 heavy (non-hydrogen) atoms. The molecular weight excluding hydrogens is 552 g/mol. The summed E-state index contributed by atoms with van der Waals surface area (Å²) in [5, 5.41) is 14.1. The van der Waals surface area contributed by atoms with Gasteiger partial charge in [0.1, 0.15) is 23.4 Å². The second-order valence-electron chi connectivity index (χ2n) is 10.2. The SMILES string of the molecule is CCOc1ccc(C(=O)Oc2ccc3ccccc3c2-c2c(C(OO)c3ccc(OCC)cc3)ccc3ccccc23)cc1. The number of benzene rings is 6. The number of carbonyl (C=O) groups is 1. The summed E-state index contributed by atoms with van der Waals surface area (Å²) in [6.07, 6.45) is -0.834. The van der Waals surface area contributed by atoms with Gasteiger partial charge in [-0.25, -0.2) is 9.68 Å². The maximum absolute atomic E-state index is 13.5. The van der Waals surface area contributed by atoms with Gasteiger partial charge in [-0.3, -0.25) is 5.26 Å². The first kappa shape index (κ1) is 28.9. The summed E-state index contributed by atoms with van der Waals surface area (Å²) in [4.78, 5) is 18.7. The van der Waals surface area contributed by atoms with Crippen LogP contribution in [-0.2, 0) is 4.89 Å². The van der Waals surface area contributed by atoms with Crippen LogP contribution < -0.4 is 14.2 Å². The molecule has 0 aliphatic heterocycles. The molecule has 1 atom stereocenters. The van der Waals surface area contributed by atoms with Crippen LogP contribution in [0.5, 0.6) is 17.2 Å². The van der Waals surface area contributed by atoms with Crippen LogP contribution in [0.1, 0.15) is 41.4 Å². The molecule has 0 fully saturated rings. The fourth-order valence-electron chi connectivity index (χ4n) is 5.60. The van der Waals surface area contributed by atoms with E-state index in [4.69, 9.17) is 19.1 Å². The van der Waals surface area contributed by atoms with Crippen LogP contribution >= 0.6 is 0 Å². The summed E-state index contributed by atoms with van der Waals surface area (Å²) in [6, 6.07) is 38.1. The minimum atomic E-state index is -0.834. The molecule has 1 N–H and O–H groups in total. The first-order valence-corrected chi connectivity index (χ1v) is 14.6. The summed E-state index contributed by atoms with van der Waals surface area (Å²) >= 11 is 0. The first-order chi connectivity index (χ1) is 21.6. The molecule has 6 nitrogen and oxygen atoms in total. The van der Waals surface area contributed by atoms with Crippen molar-refractivity contribution in [3.8, 4) is 28.4 Å². The van der Waals surface area contributed by atoms with Crippen molar-refractivity contribution in [3.63, 3.8) is 0 Å². The lowest BCUT2D eigenvalue weighted by Crippen LogP contribution is -2.11. The Bertz CT molecular complexity index is 1910. The Hall–Kier alpha value is -5.17. The van der Waals surface area contributed by atoms with E-state index in [1.807, 2.05) is 111 Å². The van der Waals surface area contributed by atoms with Gasteiger partial charge in [0.2, 0.25) is 0 Å². The number of rotatable bonds is 10. The van der Waals surface area contributed by atoms with Crippen molar-refractivity contribution < 1.29 is 29.1 Å². The maximum Gasteiger partial charge on any atom is 0.343 e. The van der Waals surface area contributed by atoms with Gasteiger partial charge in [-0.15, -0.1) is 0 Å². The largest absolute Gasteiger partial charge is 0.494 e. The molecule has 0 heterocycles. The summed E-state index contributed by atoms with van der Waals surface area (Å²) in [5.41, 5.74) is 3.37. The van der Waals surface area contributed by atoms with E-state index in [0.29, 0.717) is 35.8 Å². The molecule has 0 spiro atoms. The summed E-state index contributed by atoms with van der Waals surface area (Å²) in [6.45, 7) is 4.92. The molecule has 6 heteroatoms. The van der Waals surface area contributed by atoms with Crippen molar-refractivity contribution in [1.29, 1.82) is 0 Å². The number of carbonyl (C=O) groups excluding carboxylic acids is 1. The second kappa shape index (κ2) is 13.0. The Labute approximate surface area is 255 Å². The minimum Gasteiger partial charge on any atom is -0.494 e. The predicted octanol–water partition coefficient (Wildman–Crippen LogP) is 9.26. The minimum absolute atomic E-state index is 0.392. The van der Waals surface area contributed by atoms with E-state index in [-0.39, 0.29) is 0 Å². The third-order valence-electron chi connectivity index (χ3n) is 7.59. The highest BCUT2D eigenvalue weighted by Gasteiger charge is 2.26. The predicted molar refractivity (Wildman–Crippen MR) is 173 cm³/mol. The lowest BCUT2D eigenvalue weighted by atomic mass is 9.86. The van der Waals surface area contributed by atoms with Crippen molar-refractivity contribution in [2.45, 2.75) is 20.0 Å². The fourth-order valence-corrected chi connectivity index (χ4v) is 5.60. The smallest absolute Gasteiger partial charge is 0.343 e. The highest BCUT2D eigenvalue weighted by molar-refractivity contribution is 6.09. The van der Waals surface area contributed by atoms with E-state index >= 15 is 0 Å². The second-order valence-corrected chi connectivity index (χ2v) is 10.2. The number of fused-ring (bicyclic) bond motifs is 2. The highest BCUT2D eigenvalue weighted by Crippen LogP contribution is 2.46. The van der Waals surface area contributed by atoms with Crippen molar-refractivity contribution in [1.82, 2.24) is 0 Å². The topological polar surface area (TPSA) is 74.2 Å². The van der Waals surface area contributed by atoms with Gasteiger partial charge < -0.3 is 14.2 Å². The third kappa shape index (κ3) is 5.73. The lowest BCUT2D eigenvalue weighted by Gasteiger charge is -2.23. The van der Waals surface area contributed by atoms with Gasteiger partial charge in [-0.2, -0.15) is 0 Å². The molecule has 6 rings (SSSR count). The van der Waals surface area contributed by atoms with Crippen LogP contribution in [0.3, 0.4) is 0 Å². The molecule has 220 valence electrons. The van der Waals surface area contributed by atoms with Gasteiger partial charge in [-0.1, -0.05) is 78.9 Å². The molecule has 0 radical (unpaired) electrons. The zero-order chi connectivity index (χ0) is 30.5. The van der Waals surface area contributed by atoms with Crippen molar-refractivity contribution in [2.75, 3.05) is 13.2 Å². The molecule has 0 aliphatic carbocycles. The van der Waals surface area contributed by atoms with Gasteiger partial charge in [0, 0.05) is 11.1 Å². The third-order valence-corrected chi connectivity index (χ3v) is 7.59. The van der Waals surface area contributed by atoms with Crippen LogP contribution in [0.15, 0.2) is 121 Å². The molecule has 0 aliphatic rings. The fraction of sp³-hybridized carbons (Fsp3) is 0.132. The van der Waals surface area contributed by atoms with Crippen LogP contribution in [0.25, 0.3) is 32.7 Å². The Balaban J connectivity index is 1.55. The van der Waals surface area contributed by atoms with Crippen LogP contribution in [0.2, 0.25) is 0 Å². The number of esters is 1. The molecule has 0 amide bonds. The highest BCUT2D eigenvalue weighted by atomic mass is 17.1. The van der Waals surface area contributed by atoms with Gasteiger partial charge in [0.05, 0.1) is 18.8 Å². The monoisotopic (exact) mass is 584 g/mol. The number of ether oxygens (including phenoxy) is 3. The van der Waals surface area contributed by atoms with Crippen LogP contribution in [0.4, 0.5) is 0 Å². The van der Waals surface area contributed by atoms with E-state index in [0.717, 1.165) is 44.0 Å². The summed E-state index contributed by atoms with van der Waals surface area (Å²) < 4.78 is 17.3. The van der Waals surface area contributed by atoms with Crippen LogP contribution in [0, 0.1) is 0 Å². The Kier molecular flexibility index (Phi) is 8.55. The molecule has 1 unspecified atom stereocenters. The standard InChI is InChI=1S/C38H32O6/c1-3-41-29-19-13-27(14-20-29)37(44-40)33-23-17-25-9-5-7-11-31(25)35(33)36-32-12-8-6-10-26(32)18-24-34(36)43-38(39)28-15-21-30(22-16-28)42-4-2/h5-24,37,40H,3-4H2,1-2H3. The van der Waals surface area contributed by atoms with Crippen molar-refractivity contribution in [2.24, 2.45) is 0 Å². The molecule has 6 aromatic carbocycles. The Morgan fingerprint density at radius 3 is 1.77 bits per heavy atom. The van der Waals surface area contributed by atoms with Crippen molar-refractivity contribution in [3.05, 3.63) is 138 Å². The van der Waals surface area contributed by atoms with Gasteiger partial charge in [-0.05, 0) is 89.0 Å². The van der Waals surface area contributed by atoms with E-state index in [1.54, 1.807) is 24.3 Å². The van der Waals surface area contributed by atoms with Crippen molar-refractivity contribution >= 4 is 27.5 Å². The maximum atomic E-state index is 13.5. The Morgan fingerprint density at radius 2 is 1.18 bits per heavy atom. The first-order valence-electron chi connectivity index (χ1n) is 14.6. The van der Waals surface area contributed by atoms with Gasteiger partial charge >= 0.3 is 5.97 Å².